The van der Waals surface area contributed by atoms with E-state index >= 15 is 0 Å². The molecule has 0 saturated carbocycles. The number of phosphoric acid groups is 1. The second-order valence-electron chi connectivity index (χ2n) is 18.6. The Morgan fingerprint density at radius 1 is 0.729 bits per heavy atom. The van der Waals surface area contributed by atoms with Crippen molar-refractivity contribution in [3.05, 3.63) is 209 Å². The molecule has 0 radical (unpaired) electrons. The summed E-state index contributed by atoms with van der Waals surface area (Å²) in [6.07, 6.45) is 0.906. The summed E-state index contributed by atoms with van der Waals surface area (Å²) in [6, 6.07) is 48.4. The zero-order chi connectivity index (χ0) is 49.5. The summed E-state index contributed by atoms with van der Waals surface area (Å²) in [5, 5.41) is 7.56. The fourth-order valence-corrected chi connectivity index (χ4v) is 10.1. The Kier molecular flexibility index (Phi) is 14.9. The maximum atomic E-state index is 14.9. The third kappa shape index (κ3) is 11.8. The van der Waals surface area contributed by atoms with Gasteiger partial charge in [-0.15, -0.1) is 0 Å². The van der Waals surface area contributed by atoms with Gasteiger partial charge in [-0.2, -0.15) is 0 Å². The number of rotatable bonds is 19. The van der Waals surface area contributed by atoms with E-state index in [9.17, 15) is 18.9 Å². The number of furan rings is 1. The molecule has 2 N–H and O–H groups in total. The number of carbonyl (C=O) groups is 3. The number of nitrogens with one attached hydrogen (secondary N) is 2. The van der Waals surface area contributed by atoms with Crippen molar-refractivity contribution in [2.75, 3.05) is 0 Å². The molecule has 0 aliphatic carbocycles. The lowest BCUT2D eigenvalue weighted by atomic mass is 9.78. The number of para-hydroxylation sites is 2. The Bertz CT molecular complexity index is 3090. The molecule has 0 bridgehead atoms. The van der Waals surface area contributed by atoms with E-state index in [-0.39, 0.29) is 44.3 Å². The molecular weight excluding hydrogens is 902 g/mol. The maximum Gasteiger partial charge on any atom is 0.530 e. The fourth-order valence-electron chi connectivity index (χ4n) is 8.93. The SMILES string of the molecule is Cc1cc(C)c(C(C)(C)CC(=O)n2cc(C[C@@](C)(NC(=O)OCc3cc4ccccc4o3)C(=O)NC(C)c3ccccc3)c3ccccc32)c(OP(=O)(OCc2ccccc2)OCc2ccccc2)c1. The summed E-state index contributed by atoms with van der Waals surface area (Å²) in [6.45, 7) is 11.1. The first-order valence-corrected chi connectivity index (χ1v) is 24.7. The standard InChI is InChI=1S/C57H58N3O9P/c1-39-30-40(2)53(51(31-39)69-70(64,66-36-42-20-10-7-11-21-42)67-37-43-22-12-8-13-23-43)56(4,5)34-52(61)60-35-46(48-27-17-18-28-49(48)60)33-57(6,54(62)58-41(3)44-24-14-9-15-25-44)59-55(63)65-38-47-32-45-26-16-19-29-50(45)68-47/h7-32,35,41H,33-34,36-38H2,1-6H3,(H,58,62)(H,59,63)/t41?,57-/m1/s1. The Balaban J connectivity index is 1.07. The summed E-state index contributed by atoms with van der Waals surface area (Å²) in [5.41, 5.74) is 4.28. The highest BCUT2D eigenvalue weighted by molar-refractivity contribution is 7.48. The number of carbonyl (C=O) groups excluding carboxylic acids is 3. The number of aromatic nitrogens is 1. The first-order valence-electron chi connectivity index (χ1n) is 23.3. The van der Waals surface area contributed by atoms with Crippen LogP contribution in [0.5, 0.6) is 5.75 Å². The average Bonchev–Trinajstić information content (AvgIpc) is 3.94. The molecule has 0 aliphatic rings. The summed E-state index contributed by atoms with van der Waals surface area (Å²) >= 11 is 0. The van der Waals surface area contributed by atoms with Gasteiger partial charge in [0, 0.05) is 40.8 Å². The van der Waals surface area contributed by atoms with E-state index in [0.717, 1.165) is 38.6 Å². The van der Waals surface area contributed by atoms with Crippen molar-refractivity contribution in [2.24, 2.45) is 0 Å². The van der Waals surface area contributed by atoms with Crippen LogP contribution in [-0.4, -0.2) is 28.0 Å². The second-order valence-corrected chi connectivity index (χ2v) is 20.2. The van der Waals surface area contributed by atoms with E-state index in [4.69, 9.17) is 22.7 Å². The summed E-state index contributed by atoms with van der Waals surface area (Å²) < 4.78 is 46.3. The summed E-state index contributed by atoms with van der Waals surface area (Å²) in [7, 11) is -4.29. The predicted molar refractivity (Wildman–Crippen MR) is 271 cm³/mol. The predicted octanol–water partition coefficient (Wildman–Crippen LogP) is 13.0. The van der Waals surface area contributed by atoms with Crippen LogP contribution in [0.3, 0.4) is 0 Å². The molecule has 6 aromatic carbocycles. The monoisotopic (exact) mass is 959 g/mol. The van der Waals surface area contributed by atoms with Crippen molar-refractivity contribution in [1.82, 2.24) is 15.2 Å². The molecule has 2 atom stereocenters. The number of fused-ring (bicyclic) bond motifs is 2. The Morgan fingerprint density at radius 2 is 1.33 bits per heavy atom. The van der Waals surface area contributed by atoms with E-state index in [0.29, 0.717) is 28.0 Å². The molecule has 360 valence electrons. The van der Waals surface area contributed by atoms with Gasteiger partial charge in [-0.1, -0.05) is 147 Å². The molecular formula is C57H58N3O9P. The average molecular weight is 960 g/mol. The Hall–Kier alpha value is -7.24. The van der Waals surface area contributed by atoms with Crippen LogP contribution in [0, 0.1) is 13.8 Å². The molecule has 8 rings (SSSR count). The number of ether oxygens (including phenoxy) is 1. The maximum absolute atomic E-state index is 14.9. The molecule has 0 aliphatic heterocycles. The molecule has 0 spiro atoms. The van der Waals surface area contributed by atoms with E-state index < -0.39 is 36.8 Å². The molecule has 2 amide bonds. The van der Waals surface area contributed by atoms with E-state index in [1.165, 1.54) is 0 Å². The third-order valence-electron chi connectivity index (χ3n) is 12.3. The number of hydrogen-bond donors (Lipinski definition) is 2. The van der Waals surface area contributed by atoms with E-state index in [1.54, 1.807) is 29.8 Å². The van der Waals surface area contributed by atoms with Gasteiger partial charge in [0.25, 0.3) is 0 Å². The zero-order valence-corrected chi connectivity index (χ0v) is 41.2. The molecule has 0 saturated heterocycles. The van der Waals surface area contributed by atoms with Gasteiger partial charge < -0.3 is 24.3 Å². The lowest BCUT2D eigenvalue weighted by Crippen LogP contribution is -2.58. The van der Waals surface area contributed by atoms with Crippen LogP contribution in [0.1, 0.15) is 89.7 Å². The number of phosphoric ester groups is 1. The lowest BCUT2D eigenvalue weighted by Gasteiger charge is -2.31. The number of benzene rings is 6. The molecule has 8 aromatic rings. The van der Waals surface area contributed by atoms with Gasteiger partial charge in [0.05, 0.1) is 24.8 Å². The second kappa shape index (κ2) is 21.2. The minimum atomic E-state index is -4.29. The highest BCUT2D eigenvalue weighted by atomic mass is 31.2. The molecule has 70 heavy (non-hydrogen) atoms. The van der Waals surface area contributed by atoms with Crippen molar-refractivity contribution in [1.29, 1.82) is 0 Å². The first-order chi connectivity index (χ1) is 33.6. The zero-order valence-electron chi connectivity index (χ0n) is 40.3. The normalized spacial score (nSPS) is 13.1. The van der Waals surface area contributed by atoms with Crippen molar-refractivity contribution in [3.8, 4) is 5.75 Å². The van der Waals surface area contributed by atoms with Crippen LogP contribution in [0.4, 0.5) is 4.79 Å². The molecule has 13 heteroatoms. The van der Waals surface area contributed by atoms with Gasteiger partial charge in [0.15, 0.2) is 6.61 Å². The van der Waals surface area contributed by atoms with E-state index in [2.05, 4.69) is 10.6 Å². The number of hydrogen-bond acceptors (Lipinski definition) is 9. The molecule has 2 aromatic heterocycles. The summed E-state index contributed by atoms with van der Waals surface area (Å²) in [5.74, 6) is 0.0342. The van der Waals surface area contributed by atoms with Gasteiger partial charge in [0.2, 0.25) is 11.8 Å². The van der Waals surface area contributed by atoms with Crippen LogP contribution in [0.2, 0.25) is 0 Å². The van der Waals surface area contributed by atoms with Crippen LogP contribution < -0.4 is 15.2 Å². The number of amides is 2. The van der Waals surface area contributed by atoms with Gasteiger partial charge >= 0.3 is 13.9 Å². The molecule has 0 fully saturated rings. The Labute approximate surface area is 408 Å². The van der Waals surface area contributed by atoms with Crippen LogP contribution in [0.25, 0.3) is 21.9 Å². The molecule has 1 unspecified atom stereocenters. The van der Waals surface area contributed by atoms with Crippen LogP contribution >= 0.6 is 7.82 Å². The topological polar surface area (TPSA) is 147 Å². The largest absolute Gasteiger partial charge is 0.530 e. The lowest BCUT2D eigenvalue weighted by molar-refractivity contribution is -0.127. The molecule has 12 nitrogen and oxygen atoms in total. The number of aryl methyl sites for hydroxylation is 2. The van der Waals surface area contributed by atoms with Crippen LogP contribution in [0.15, 0.2) is 168 Å². The number of nitrogens with zero attached hydrogens (tertiary/aromatic N) is 1. The third-order valence-corrected chi connectivity index (χ3v) is 13.7. The van der Waals surface area contributed by atoms with Crippen molar-refractivity contribution in [3.63, 3.8) is 0 Å². The smallest absolute Gasteiger partial charge is 0.457 e. The minimum absolute atomic E-state index is 0.000569. The van der Waals surface area contributed by atoms with Crippen LogP contribution in [-0.2, 0) is 54.8 Å². The van der Waals surface area contributed by atoms with Crippen molar-refractivity contribution in [2.45, 2.75) is 91.2 Å². The number of alkyl carbamates (subject to hydrolysis) is 1. The van der Waals surface area contributed by atoms with Crippen molar-refractivity contribution < 1.29 is 41.7 Å². The summed E-state index contributed by atoms with van der Waals surface area (Å²) in [4.78, 5) is 43.0. The Morgan fingerprint density at radius 3 is 1.99 bits per heavy atom. The highest BCUT2D eigenvalue weighted by Gasteiger charge is 2.39. The van der Waals surface area contributed by atoms with Gasteiger partial charge in [-0.3, -0.25) is 23.2 Å². The quantitative estimate of drug-likeness (QED) is 0.0756. The van der Waals surface area contributed by atoms with Gasteiger partial charge in [-0.05, 0) is 85.3 Å². The van der Waals surface area contributed by atoms with Crippen molar-refractivity contribution >= 4 is 47.6 Å². The van der Waals surface area contributed by atoms with Gasteiger partial charge in [0.1, 0.15) is 22.6 Å². The fraction of sp³-hybridized carbons (Fsp3) is 0.246. The highest BCUT2D eigenvalue weighted by Crippen LogP contribution is 2.53. The van der Waals surface area contributed by atoms with E-state index in [1.807, 2.05) is 180 Å². The first kappa shape index (κ1) is 49.2. The molecule has 2 heterocycles. The minimum Gasteiger partial charge on any atom is -0.457 e. The van der Waals surface area contributed by atoms with Gasteiger partial charge in [-0.25, -0.2) is 9.36 Å².